The Hall–Kier alpha value is -3.07. The molecule has 0 fully saturated rings. The summed E-state index contributed by atoms with van der Waals surface area (Å²) in [6.07, 6.45) is -0.381. The number of esters is 2. The van der Waals surface area contributed by atoms with Gasteiger partial charge in [-0.2, -0.15) is 0 Å². The van der Waals surface area contributed by atoms with Crippen LogP contribution in [0, 0.1) is 15.5 Å². The number of hydrogen-bond donors (Lipinski definition) is 0. The molecular weight excluding hydrogens is 404 g/mol. The van der Waals surface area contributed by atoms with Gasteiger partial charge in [-0.15, -0.1) is 0 Å². The van der Waals surface area contributed by atoms with Crippen LogP contribution in [0.5, 0.6) is 0 Å². The van der Waals surface area contributed by atoms with E-state index in [4.69, 9.17) is 14.2 Å². The number of hydrogen-bond acceptors (Lipinski definition) is 8. The van der Waals surface area contributed by atoms with E-state index in [9.17, 15) is 19.7 Å². The quantitative estimate of drug-likeness (QED) is 0.387. The Kier molecular flexibility index (Phi) is 6.26. The van der Waals surface area contributed by atoms with Gasteiger partial charge in [0.15, 0.2) is 0 Å². The van der Waals surface area contributed by atoms with Gasteiger partial charge < -0.3 is 14.2 Å². The molecular formula is C22H26N2O7. The van der Waals surface area contributed by atoms with Crippen LogP contribution in [0.25, 0.3) is 0 Å². The summed E-state index contributed by atoms with van der Waals surface area (Å²) in [7, 11) is 1.49. The van der Waals surface area contributed by atoms with Crippen LogP contribution in [0.2, 0.25) is 0 Å². The van der Waals surface area contributed by atoms with Gasteiger partial charge in [-0.05, 0) is 38.8 Å². The second kappa shape index (κ2) is 8.58. The third-order valence-corrected chi connectivity index (χ3v) is 6.03. The van der Waals surface area contributed by atoms with Crippen molar-refractivity contribution in [3.8, 4) is 0 Å². The van der Waals surface area contributed by atoms with Gasteiger partial charge in [-0.3, -0.25) is 19.9 Å². The molecule has 1 aromatic rings. The summed E-state index contributed by atoms with van der Waals surface area (Å²) in [4.78, 5) is 42.1. The van der Waals surface area contributed by atoms with Crippen LogP contribution < -0.4 is 0 Å². The average molecular weight is 430 g/mol. The molecule has 3 atom stereocenters. The molecule has 9 nitrogen and oxygen atoms in total. The molecule has 0 radical (unpaired) electrons. The first-order valence-electron chi connectivity index (χ1n) is 10.1. The number of rotatable bonds is 6. The van der Waals surface area contributed by atoms with E-state index < -0.39 is 34.3 Å². The Morgan fingerprint density at radius 1 is 1.23 bits per heavy atom. The second-order valence-corrected chi connectivity index (χ2v) is 7.51. The van der Waals surface area contributed by atoms with Gasteiger partial charge in [0.1, 0.15) is 5.41 Å². The molecule has 31 heavy (non-hydrogen) atoms. The third-order valence-electron chi connectivity index (χ3n) is 6.03. The summed E-state index contributed by atoms with van der Waals surface area (Å²) >= 11 is 0. The van der Waals surface area contributed by atoms with Crippen molar-refractivity contribution >= 4 is 23.3 Å². The molecule has 3 rings (SSSR count). The molecule has 0 saturated carbocycles. The highest BCUT2D eigenvalue weighted by molar-refractivity contribution is 6.12. The van der Waals surface area contributed by atoms with Crippen molar-refractivity contribution < 1.29 is 28.7 Å². The number of nitro groups is 1. The molecule has 0 bridgehead atoms. The topological polar surface area (TPSA) is 117 Å². The summed E-state index contributed by atoms with van der Waals surface area (Å²) in [5.74, 6) is -2.10. The molecule has 1 heterocycles. The van der Waals surface area contributed by atoms with Gasteiger partial charge in [0.2, 0.25) is 0 Å². The summed E-state index contributed by atoms with van der Waals surface area (Å²) in [6, 6.07) is 4.48. The van der Waals surface area contributed by atoms with Crippen molar-refractivity contribution in [3.63, 3.8) is 0 Å². The normalized spacial score (nSPS) is 24.6. The van der Waals surface area contributed by atoms with Crippen molar-refractivity contribution in [1.82, 2.24) is 0 Å². The molecule has 0 saturated heterocycles. The number of carbonyl (C=O) groups is 2. The van der Waals surface area contributed by atoms with E-state index in [0.717, 1.165) is 5.56 Å². The Labute approximate surface area is 180 Å². The highest BCUT2D eigenvalue weighted by Crippen LogP contribution is 2.55. The predicted molar refractivity (Wildman–Crippen MR) is 112 cm³/mol. The standard InChI is InChI=1S/C22H26N2O7/c1-6-30-20(25)18-12(3)23-13(4)22(21(26)31-7-2)17(29-5)10-14-8-9-15(24(27)28)11-16(14)19(18)22/h8-9,11,17,19H,6-7,10H2,1-5H3. The van der Waals surface area contributed by atoms with Crippen molar-refractivity contribution in [1.29, 1.82) is 0 Å². The van der Waals surface area contributed by atoms with E-state index in [1.54, 1.807) is 33.8 Å². The molecule has 2 aliphatic rings. The summed E-state index contributed by atoms with van der Waals surface area (Å²) in [6.45, 7) is 6.99. The van der Waals surface area contributed by atoms with E-state index in [-0.39, 0.29) is 24.5 Å². The Morgan fingerprint density at radius 3 is 2.48 bits per heavy atom. The molecule has 0 spiro atoms. The zero-order valence-electron chi connectivity index (χ0n) is 18.3. The number of methoxy groups -OCH3 is 1. The zero-order valence-corrected chi connectivity index (χ0v) is 18.3. The first kappa shape index (κ1) is 22.6. The molecule has 0 aromatic heterocycles. The number of nitrogens with zero attached hydrogens (tertiary/aromatic N) is 2. The van der Waals surface area contributed by atoms with Gasteiger partial charge in [0, 0.05) is 43.0 Å². The van der Waals surface area contributed by atoms with Crippen LogP contribution in [-0.2, 0) is 30.2 Å². The lowest BCUT2D eigenvalue weighted by atomic mass is 9.56. The number of benzene rings is 1. The molecule has 1 aliphatic heterocycles. The first-order chi connectivity index (χ1) is 14.7. The summed E-state index contributed by atoms with van der Waals surface area (Å²) in [5.41, 5.74) is 0.700. The molecule has 0 N–H and O–H groups in total. The van der Waals surface area contributed by atoms with E-state index >= 15 is 0 Å². The SMILES string of the molecule is CCOC(=O)C1=C(C)N=C(C)C2(C(=O)OCC)C(OC)Cc3ccc([N+](=O)[O-])cc3C12. The monoisotopic (exact) mass is 430 g/mol. The fourth-order valence-electron chi connectivity index (χ4n) is 4.77. The Bertz CT molecular complexity index is 998. The van der Waals surface area contributed by atoms with Crippen molar-refractivity contribution in [2.75, 3.05) is 20.3 Å². The number of carbonyl (C=O) groups excluding carboxylic acids is 2. The minimum atomic E-state index is -1.45. The number of ether oxygens (including phenoxy) is 3. The van der Waals surface area contributed by atoms with E-state index in [2.05, 4.69) is 4.99 Å². The third kappa shape index (κ3) is 3.42. The van der Waals surface area contributed by atoms with Gasteiger partial charge in [-0.1, -0.05) is 6.07 Å². The number of aliphatic imine (C=N–C) groups is 1. The predicted octanol–water partition coefficient (Wildman–Crippen LogP) is 3.11. The van der Waals surface area contributed by atoms with Crippen LogP contribution in [0.15, 0.2) is 34.5 Å². The van der Waals surface area contributed by atoms with Crippen molar-refractivity contribution in [3.05, 3.63) is 50.7 Å². The summed E-state index contributed by atoms with van der Waals surface area (Å²) < 4.78 is 16.5. The van der Waals surface area contributed by atoms with Gasteiger partial charge in [0.25, 0.3) is 5.69 Å². The molecule has 3 unspecified atom stereocenters. The molecule has 0 amide bonds. The number of non-ortho nitro benzene ring substituents is 1. The number of fused-ring (bicyclic) bond motifs is 3. The van der Waals surface area contributed by atoms with E-state index in [1.165, 1.54) is 19.2 Å². The van der Waals surface area contributed by atoms with E-state index in [0.29, 0.717) is 23.4 Å². The smallest absolute Gasteiger partial charge is 0.336 e. The number of allylic oxidation sites excluding steroid dienone is 1. The van der Waals surface area contributed by atoms with Gasteiger partial charge >= 0.3 is 11.9 Å². The van der Waals surface area contributed by atoms with Crippen LogP contribution in [0.3, 0.4) is 0 Å². The lowest BCUT2D eigenvalue weighted by Crippen LogP contribution is -2.59. The first-order valence-corrected chi connectivity index (χ1v) is 10.1. The van der Waals surface area contributed by atoms with Gasteiger partial charge in [0.05, 0.1) is 29.8 Å². The summed E-state index contributed by atoms with van der Waals surface area (Å²) in [5, 5.41) is 11.5. The lowest BCUT2D eigenvalue weighted by molar-refractivity contribution is -0.385. The maximum Gasteiger partial charge on any atom is 0.336 e. The average Bonchev–Trinajstić information content (AvgIpc) is 2.72. The Morgan fingerprint density at radius 2 is 1.90 bits per heavy atom. The fourth-order valence-corrected chi connectivity index (χ4v) is 4.77. The van der Waals surface area contributed by atoms with E-state index in [1.807, 2.05) is 0 Å². The highest BCUT2D eigenvalue weighted by Gasteiger charge is 2.62. The second-order valence-electron chi connectivity index (χ2n) is 7.51. The molecule has 1 aliphatic carbocycles. The largest absolute Gasteiger partial charge is 0.465 e. The highest BCUT2D eigenvalue weighted by atomic mass is 16.6. The minimum absolute atomic E-state index is 0.121. The maximum atomic E-state index is 13.5. The Balaban J connectivity index is 2.40. The molecule has 166 valence electrons. The van der Waals surface area contributed by atoms with Gasteiger partial charge in [-0.25, -0.2) is 4.79 Å². The van der Waals surface area contributed by atoms with Crippen LogP contribution in [0.1, 0.15) is 44.7 Å². The minimum Gasteiger partial charge on any atom is -0.465 e. The van der Waals surface area contributed by atoms with Crippen molar-refractivity contribution in [2.45, 2.75) is 46.1 Å². The zero-order chi connectivity index (χ0) is 22.9. The lowest BCUT2D eigenvalue weighted by Gasteiger charge is -2.49. The molecule has 9 heteroatoms. The van der Waals surface area contributed by atoms with Crippen molar-refractivity contribution in [2.24, 2.45) is 10.4 Å². The van der Waals surface area contributed by atoms with Crippen LogP contribution in [0.4, 0.5) is 5.69 Å². The fraction of sp³-hybridized carbons (Fsp3) is 0.500. The maximum absolute atomic E-state index is 13.5. The molecule has 1 aromatic carbocycles. The van der Waals surface area contributed by atoms with Crippen LogP contribution >= 0.6 is 0 Å². The van der Waals surface area contributed by atoms with Crippen LogP contribution in [-0.4, -0.2) is 49.0 Å². The number of nitro benzene ring substituents is 1.